The zero-order chi connectivity index (χ0) is 17.7. The summed E-state index contributed by atoms with van der Waals surface area (Å²) in [7, 11) is 0. The number of aryl methyl sites for hydroxylation is 3. The van der Waals surface area contributed by atoms with Gasteiger partial charge in [0.25, 0.3) is 5.91 Å². The number of carbonyl (C=O) groups is 2. The maximum absolute atomic E-state index is 12.1. The van der Waals surface area contributed by atoms with Crippen molar-refractivity contribution in [1.82, 2.24) is 5.43 Å². The summed E-state index contributed by atoms with van der Waals surface area (Å²) in [5.74, 6) is 0.0634. The lowest BCUT2D eigenvalue weighted by molar-refractivity contribution is -0.137. The van der Waals surface area contributed by atoms with E-state index in [0.29, 0.717) is 29.2 Å². The summed E-state index contributed by atoms with van der Waals surface area (Å²) in [6.07, 6.45) is 0.325. The highest BCUT2D eigenvalue weighted by atomic mass is 16.4. The fourth-order valence-corrected chi connectivity index (χ4v) is 2.22. The summed E-state index contributed by atoms with van der Waals surface area (Å²) < 4.78 is 5.53. The highest BCUT2D eigenvalue weighted by molar-refractivity contribution is 6.01. The number of carboxylic acids is 1. The molecule has 1 aromatic carbocycles. The molecule has 0 aliphatic heterocycles. The van der Waals surface area contributed by atoms with E-state index in [9.17, 15) is 9.59 Å². The quantitative estimate of drug-likeness (QED) is 0.629. The molecule has 2 aromatic rings. The summed E-state index contributed by atoms with van der Waals surface area (Å²) in [6.45, 7) is 5.49. The van der Waals surface area contributed by atoms with E-state index in [1.807, 2.05) is 19.1 Å². The average Bonchev–Trinajstić information content (AvgIpc) is 2.92. The van der Waals surface area contributed by atoms with Crippen molar-refractivity contribution in [2.45, 2.75) is 33.6 Å². The summed E-state index contributed by atoms with van der Waals surface area (Å²) in [4.78, 5) is 22.7. The van der Waals surface area contributed by atoms with Crippen molar-refractivity contribution < 1.29 is 19.1 Å². The van der Waals surface area contributed by atoms with Gasteiger partial charge >= 0.3 is 5.97 Å². The SMILES string of the molecule is C/C(=N/NC(=O)c1ccc(C)cc1)c1cc(CCC(=O)O)oc1C. The second-order valence-electron chi connectivity index (χ2n) is 5.58. The number of benzene rings is 1. The van der Waals surface area contributed by atoms with E-state index in [-0.39, 0.29) is 12.3 Å². The molecule has 0 aliphatic rings. The molecule has 0 unspecified atom stereocenters. The van der Waals surface area contributed by atoms with E-state index >= 15 is 0 Å². The van der Waals surface area contributed by atoms with Crippen molar-refractivity contribution in [2.24, 2.45) is 5.10 Å². The predicted octanol–water partition coefficient (Wildman–Crippen LogP) is 3.07. The molecule has 0 radical (unpaired) electrons. The van der Waals surface area contributed by atoms with Crippen molar-refractivity contribution in [3.05, 3.63) is 58.5 Å². The molecule has 0 spiro atoms. The van der Waals surface area contributed by atoms with Gasteiger partial charge in [-0.05, 0) is 39.0 Å². The number of amides is 1. The molecule has 0 saturated carbocycles. The molecule has 0 bridgehead atoms. The largest absolute Gasteiger partial charge is 0.481 e. The summed E-state index contributed by atoms with van der Waals surface area (Å²) in [5, 5.41) is 12.8. The Hall–Kier alpha value is -2.89. The van der Waals surface area contributed by atoms with Crippen LogP contribution in [0, 0.1) is 13.8 Å². The number of carboxylic acid groups (broad SMARTS) is 1. The van der Waals surface area contributed by atoms with Crippen LogP contribution in [0.5, 0.6) is 0 Å². The Balaban J connectivity index is 2.06. The van der Waals surface area contributed by atoms with Crippen LogP contribution in [-0.4, -0.2) is 22.7 Å². The Morgan fingerprint density at radius 3 is 2.50 bits per heavy atom. The smallest absolute Gasteiger partial charge is 0.303 e. The Kier molecular flexibility index (Phi) is 5.52. The van der Waals surface area contributed by atoms with Gasteiger partial charge in [-0.25, -0.2) is 5.43 Å². The van der Waals surface area contributed by atoms with Crippen LogP contribution in [0.4, 0.5) is 0 Å². The van der Waals surface area contributed by atoms with Gasteiger partial charge in [0, 0.05) is 17.5 Å². The van der Waals surface area contributed by atoms with Crippen LogP contribution in [-0.2, 0) is 11.2 Å². The Morgan fingerprint density at radius 2 is 1.88 bits per heavy atom. The van der Waals surface area contributed by atoms with Crippen LogP contribution in [0.25, 0.3) is 0 Å². The third-order valence-electron chi connectivity index (χ3n) is 3.58. The van der Waals surface area contributed by atoms with E-state index in [1.165, 1.54) is 0 Å². The lowest BCUT2D eigenvalue weighted by Gasteiger charge is -2.02. The minimum absolute atomic E-state index is 0.00669. The molecule has 0 aliphatic carbocycles. The van der Waals surface area contributed by atoms with Gasteiger partial charge in [0.2, 0.25) is 0 Å². The van der Waals surface area contributed by atoms with Crippen LogP contribution in [0.1, 0.15) is 46.3 Å². The number of nitrogens with one attached hydrogen (secondary N) is 1. The highest BCUT2D eigenvalue weighted by Crippen LogP contribution is 2.17. The molecule has 6 nitrogen and oxygen atoms in total. The van der Waals surface area contributed by atoms with Crippen LogP contribution in [0.15, 0.2) is 39.9 Å². The highest BCUT2D eigenvalue weighted by Gasteiger charge is 2.12. The average molecular weight is 328 g/mol. The van der Waals surface area contributed by atoms with Crippen LogP contribution < -0.4 is 5.43 Å². The second kappa shape index (κ2) is 7.59. The third-order valence-corrected chi connectivity index (χ3v) is 3.58. The third kappa shape index (κ3) is 4.55. The van der Waals surface area contributed by atoms with Crippen molar-refractivity contribution in [2.75, 3.05) is 0 Å². The van der Waals surface area contributed by atoms with Gasteiger partial charge in [-0.3, -0.25) is 9.59 Å². The van der Waals surface area contributed by atoms with E-state index < -0.39 is 5.97 Å². The molecule has 126 valence electrons. The zero-order valence-electron chi connectivity index (χ0n) is 13.9. The molecule has 0 fully saturated rings. The van der Waals surface area contributed by atoms with E-state index in [2.05, 4.69) is 10.5 Å². The maximum atomic E-state index is 12.1. The Labute approximate surface area is 140 Å². The number of aliphatic carboxylic acids is 1. The van der Waals surface area contributed by atoms with Crippen molar-refractivity contribution in [1.29, 1.82) is 0 Å². The molecule has 0 atom stereocenters. The van der Waals surface area contributed by atoms with Gasteiger partial charge < -0.3 is 9.52 Å². The first-order valence-electron chi connectivity index (χ1n) is 7.59. The van der Waals surface area contributed by atoms with E-state index in [1.54, 1.807) is 32.0 Å². The second-order valence-corrected chi connectivity index (χ2v) is 5.58. The molecule has 0 saturated heterocycles. The molecule has 1 amide bonds. The van der Waals surface area contributed by atoms with Crippen molar-refractivity contribution in [3.8, 4) is 0 Å². The van der Waals surface area contributed by atoms with E-state index in [0.717, 1.165) is 11.1 Å². The number of carbonyl (C=O) groups excluding carboxylic acids is 1. The van der Waals surface area contributed by atoms with Crippen LogP contribution in [0.2, 0.25) is 0 Å². The Bertz CT molecular complexity index is 773. The molecule has 1 heterocycles. The number of hydrogen-bond acceptors (Lipinski definition) is 4. The van der Waals surface area contributed by atoms with Gasteiger partial charge in [0.15, 0.2) is 0 Å². The molecule has 24 heavy (non-hydrogen) atoms. The first-order valence-corrected chi connectivity index (χ1v) is 7.59. The van der Waals surface area contributed by atoms with Gasteiger partial charge in [0.05, 0.1) is 12.1 Å². The molecule has 2 rings (SSSR count). The van der Waals surface area contributed by atoms with Crippen LogP contribution >= 0.6 is 0 Å². The lowest BCUT2D eigenvalue weighted by Crippen LogP contribution is -2.19. The number of hydrazone groups is 1. The number of hydrogen-bond donors (Lipinski definition) is 2. The number of rotatable bonds is 6. The van der Waals surface area contributed by atoms with E-state index in [4.69, 9.17) is 9.52 Å². The molecule has 1 aromatic heterocycles. The number of furan rings is 1. The Morgan fingerprint density at radius 1 is 1.21 bits per heavy atom. The minimum atomic E-state index is -0.874. The molecular weight excluding hydrogens is 308 g/mol. The summed E-state index contributed by atoms with van der Waals surface area (Å²) in [5.41, 5.74) is 5.47. The topological polar surface area (TPSA) is 91.9 Å². The minimum Gasteiger partial charge on any atom is -0.481 e. The zero-order valence-corrected chi connectivity index (χ0v) is 13.9. The molecular formula is C18H20N2O4. The first-order chi connectivity index (χ1) is 11.4. The monoisotopic (exact) mass is 328 g/mol. The number of nitrogens with zero attached hydrogens (tertiary/aromatic N) is 1. The van der Waals surface area contributed by atoms with Gasteiger partial charge in [-0.15, -0.1) is 0 Å². The van der Waals surface area contributed by atoms with Crippen molar-refractivity contribution >= 4 is 17.6 Å². The van der Waals surface area contributed by atoms with Gasteiger partial charge in [0.1, 0.15) is 11.5 Å². The summed E-state index contributed by atoms with van der Waals surface area (Å²) in [6, 6.07) is 8.96. The maximum Gasteiger partial charge on any atom is 0.303 e. The van der Waals surface area contributed by atoms with Crippen LogP contribution in [0.3, 0.4) is 0 Å². The lowest BCUT2D eigenvalue weighted by atomic mass is 10.1. The predicted molar refractivity (Wildman–Crippen MR) is 90.3 cm³/mol. The normalized spacial score (nSPS) is 11.4. The fourth-order valence-electron chi connectivity index (χ4n) is 2.22. The van der Waals surface area contributed by atoms with Gasteiger partial charge in [-0.1, -0.05) is 17.7 Å². The standard InChI is InChI=1S/C18H20N2O4/c1-11-4-6-14(7-5-11)18(23)20-19-12(2)16-10-15(24-13(16)3)8-9-17(21)22/h4-7,10H,8-9H2,1-3H3,(H,20,23)(H,21,22)/b19-12-. The summed E-state index contributed by atoms with van der Waals surface area (Å²) >= 11 is 0. The van der Waals surface area contributed by atoms with Gasteiger partial charge in [-0.2, -0.15) is 5.10 Å². The van der Waals surface area contributed by atoms with Crippen molar-refractivity contribution in [3.63, 3.8) is 0 Å². The fraction of sp³-hybridized carbons (Fsp3) is 0.278. The first kappa shape index (κ1) is 17.5. The molecule has 6 heteroatoms. The molecule has 2 N–H and O–H groups in total.